The highest BCUT2D eigenvalue weighted by Gasteiger charge is 2.28. The zero-order chi connectivity index (χ0) is 14.1. The van der Waals surface area contributed by atoms with Gasteiger partial charge in [0.15, 0.2) is 0 Å². The van der Waals surface area contributed by atoms with Crippen LogP contribution in [-0.4, -0.2) is 29.1 Å². The van der Waals surface area contributed by atoms with E-state index in [0.29, 0.717) is 17.9 Å². The molecule has 0 radical (unpaired) electrons. The molecule has 110 valence electrons. The van der Waals surface area contributed by atoms with Gasteiger partial charge in [-0.2, -0.15) is 0 Å². The van der Waals surface area contributed by atoms with E-state index in [2.05, 4.69) is 29.9 Å². The second-order valence-electron chi connectivity index (χ2n) is 6.61. The van der Waals surface area contributed by atoms with Gasteiger partial charge in [-0.05, 0) is 25.7 Å². The van der Waals surface area contributed by atoms with Crippen LogP contribution < -0.4 is 10.6 Å². The molecule has 1 aliphatic carbocycles. The lowest BCUT2D eigenvalue weighted by atomic mass is 9.82. The Morgan fingerprint density at radius 1 is 1.20 bits per heavy atom. The zero-order valence-corrected chi connectivity index (χ0v) is 12.7. The molecule has 4 nitrogen and oxygen atoms in total. The van der Waals surface area contributed by atoms with E-state index in [1.165, 1.54) is 30.6 Å². The van der Waals surface area contributed by atoms with E-state index in [0.717, 1.165) is 31.8 Å². The van der Waals surface area contributed by atoms with Gasteiger partial charge < -0.3 is 10.6 Å². The normalized spacial score (nSPS) is 21.3. The fourth-order valence-electron chi connectivity index (χ4n) is 3.05. The highest BCUT2D eigenvalue weighted by molar-refractivity contribution is 5.51. The van der Waals surface area contributed by atoms with Crippen molar-refractivity contribution in [3.05, 3.63) is 17.7 Å². The Bertz CT molecular complexity index is 460. The number of aromatic nitrogens is 2. The Morgan fingerprint density at radius 3 is 2.45 bits per heavy atom. The third kappa shape index (κ3) is 2.66. The largest absolute Gasteiger partial charge is 0.369 e. The highest BCUT2D eigenvalue weighted by Crippen LogP contribution is 2.40. The van der Waals surface area contributed by atoms with Gasteiger partial charge in [0.2, 0.25) is 0 Å². The number of nitrogens with two attached hydrogens (primary N) is 1. The lowest BCUT2D eigenvalue weighted by Gasteiger charge is -2.35. The number of hydrogen-bond donors (Lipinski definition) is 1. The summed E-state index contributed by atoms with van der Waals surface area (Å²) in [4.78, 5) is 11.9. The van der Waals surface area contributed by atoms with Crippen molar-refractivity contribution < 1.29 is 0 Å². The molecular weight excluding hydrogens is 248 g/mol. The maximum Gasteiger partial charge on any atom is 0.131 e. The number of nitrogens with zero attached hydrogens (tertiary/aromatic N) is 3. The molecule has 4 heteroatoms. The SMILES string of the molecule is CC(C)c1ncc(N2CCC(N)CC2)c(C2CCC2)n1. The maximum absolute atomic E-state index is 6.02. The van der Waals surface area contributed by atoms with Gasteiger partial charge >= 0.3 is 0 Å². The number of piperidine rings is 1. The van der Waals surface area contributed by atoms with E-state index in [1.54, 1.807) is 0 Å². The van der Waals surface area contributed by atoms with Crippen LogP contribution in [0.25, 0.3) is 0 Å². The summed E-state index contributed by atoms with van der Waals surface area (Å²) in [5.41, 5.74) is 8.58. The van der Waals surface area contributed by atoms with E-state index in [-0.39, 0.29) is 0 Å². The van der Waals surface area contributed by atoms with E-state index < -0.39 is 0 Å². The van der Waals surface area contributed by atoms with Gasteiger partial charge in [0.05, 0.1) is 17.6 Å². The van der Waals surface area contributed by atoms with Gasteiger partial charge in [0, 0.05) is 31.0 Å². The maximum atomic E-state index is 6.02. The molecule has 0 amide bonds. The first-order valence-electron chi connectivity index (χ1n) is 8.02. The summed E-state index contributed by atoms with van der Waals surface area (Å²) in [6.07, 6.45) is 8.14. The lowest BCUT2D eigenvalue weighted by molar-refractivity contribution is 0.406. The van der Waals surface area contributed by atoms with Crippen LogP contribution in [0, 0.1) is 0 Å². The van der Waals surface area contributed by atoms with Crippen molar-refractivity contribution in [2.75, 3.05) is 18.0 Å². The molecule has 2 heterocycles. The average molecular weight is 274 g/mol. The van der Waals surface area contributed by atoms with E-state index in [4.69, 9.17) is 10.7 Å². The molecule has 0 spiro atoms. The Balaban J connectivity index is 1.88. The number of rotatable bonds is 3. The van der Waals surface area contributed by atoms with Crippen molar-refractivity contribution in [2.45, 2.75) is 63.8 Å². The second-order valence-corrected chi connectivity index (χ2v) is 6.61. The van der Waals surface area contributed by atoms with Crippen LogP contribution in [0.5, 0.6) is 0 Å². The van der Waals surface area contributed by atoms with Crippen molar-refractivity contribution in [3.8, 4) is 0 Å². The number of hydrogen-bond acceptors (Lipinski definition) is 4. The van der Waals surface area contributed by atoms with Gasteiger partial charge in [-0.3, -0.25) is 0 Å². The molecule has 0 aromatic carbocycles. The van der Waals surface area contributed by atoms with Crippen LogP contribution in [0.3, 0.4) is 0 Å². The molecule has 1 aliphatic heterocycles. The van der Waals surface area contributed by atoms with Crippen LogP contribution >= 0.6 is 0 Å². The molecule has 2 fully saturated rings. The smallest absolute Gasteiger partial charge is 0.131 e. The predicted molar refractivity (Wildman–Crippen MR) is 82.1 cm³/mol. The molecule has 3 rings (SSSR count). The van der Waals surface area contributed by atoms with Crippen LogP contribution in [0.4, 0.5) is 5.69 Å². The Morgan fingerprint density at radius 2 is 1.90 bits per heavy atom. The first kappa shape index (κ1) is 13.8. The molecule has 1 saturated carbocycles. The third-order valence-corrected chi connectivity index (χ3v) is 4.71. The molecule has 1 saturated heterocycles. The van der Waals surface area contributed by atoms with Gasteiger partial charge in [-0.15, -0.1) is 0 Å². The Kier molecular flexibility index (Phi) is 3.92. The molecule has 2 aliphatic rings. The van der Waals surface area contributed by atoms with Crippen molar-refractivity contribution in [1.29, 1.82) is 0 Å². The Hall–Kier alpha value is -1.16. The molecule has 1 aromatic heterocycles. The summed E-state index contributed by atoms with van der Waals surface area (Å²) in [5, 5.41) is 0. The Labute approximate surface area is 121 Å². The molecular formula is C16H26N4. The van der Waals surface area contributed by atoms with E-state index in [1.807, 2.05) is 0 Å². The van der Waals surface area contributed by atoms with Gasteiger partial charge in [0.1, 0.15) is 5.82 Å². The van der Waals surface area contributed by atoms with Crippen molar-refractivity contribution >= 4 is 5.69 Å². The van der Waals surface area contributed by atoms with Crippen molar-refractivity contribution in [3.63, 3.8) is 0 Å². The minimum Gasteiger partial charge on any atom is -0.369 e. The summed E-state index contributed by atoms with van der Waals surface area (Å²) in [7, 11) is 0. The molecule has 0 bridgehead atoms. The fourth-order valence-corrected chi connectivity index (χ4v) is 3.05. The first-order chi connectivity index (χ1) is 9.65. The number of anilines is 1. The molecule has 0 atom stereocenters. The topological polar surface area (TPSA) is 55.0 Å². The van der Waals surface area contributed by atoms with Gasteiger partial charge in [0.25, 0.3) is 0 Å². The quantitative estimate of drug-likeness (QED) is 0.921. The van der Waals surface area contributed by atoms with Gasteiger partial charge in [-0.25, -0.2) is 9.97 Å². The molecule has 1 aromatic rings. The van der Waals surface area contributed by atoms with Crippen LogP contribution in [0.1, 0.15) is 69.3 Å². The summed E-state index contributed by atoms with van der Waals surface area (Å²) in [6.45, 7) is 6.43. The van der Waals surface area contributed by atoms with Crippen LogP contribution in [-0.2, 0) is 0 Å². The predicted octanol–water partition coefficient (Wildman–Crippen LogP) is 2.80. The minimum absolute atomic E-state index is 0.370. The van der Waals surface area contributed by atoms with Crippen molar-refractivity contribution in [1.82, 2.24) is 9.97 Å². The van der Waals surface area contributed by atoms with Crippen LogP contribution in [0.15, 0.2) is 6.20 Å². The molecule has 20 heavy (non-hydrogen) atoms. The van der Waals surface area contributed by atoms with Gasteiger partial charge in [-0.1, -0.05) is 20.3 Å². The lowest BCUT2D eigenvalue weighted by Crippen LogP contribution is -2.40. The summed E-state index contributed by atoms with van der Waals surface area (Å²) in [6, 6.07) is 0.370. The van der Waals surface area contributed by atoms with Crippen LogP contribution in [0.2, 0.25) is 0 Å². The zero-order valence-electron chi connectivity index (χ0n) is 12.7. The molecule has 2 N–H and O–H groups in total. The third-order valence-electron chi connectivity index (χ3n) is 4.71. The van der Waals surface area contributed by atoms with Crippen molar-refractivity contribution in [2.24, 2.45) is 5.73 Å². The summed E-state index contributed by atoms with van der Waals surface area (Å²) < 4.78 is 0. The fraction of sp³-hybridized carbons (Fsp3) is 0.750. The van der Waals surface area contributed by atoms with E-state index >= 15 is 0 Å². The standard InChI is InChI=1S/C16H26N4/c1-11(2)16-18-10-14(15(19-16)12-4-3-5-12)20-8-6-13(17)7-9-20/h10-13H,3-9,17H2,1-2H3. The summed E-state index contributed by atoms with van der Waals surface area (Å²) in [5.74, 6) is 2.04. The summed E-state index contributed by atoms with van der Waals surface area (Å²) >= 11 is 0. The monoisotopic (exact) mass is 274 g/mol. The minimum atomic E-state index is 0.370. The second kappa shape index (κ2) is 5.68. The highest BCUT2D eigenvalue weighted by atomic mass is 15.2. The van der Waals surface area contributed by atoms with E-state index in [9.17, 15) is 0 Å². The average Bonchev–Trinajstić information content (AvgIpc) is 2.38. The first-order valence-corrected chi connectivity index (χ1v) is 8.02. The molecule has 0 unspecified atom stereocenters.